The normalized spacial score (nSPS) is 21.1. The average Bonchev–Trinajstić information content (AvgIpc) is 2.87. The van der Waals surface area contributed by atoms with Crippen molar-refractivity contribution < 1.29 is 14.3 Å². The van der Waals surface area contributed by atoms with Crippen LogP contribution < -0.4 is 5.32 Å². The van der Waals surface area contributed by atoms with Gasteiger partial charge in [-0.3, -0.25) is 0 Å². The summed E-state index contributed by atoms with van der Waals surface area (Å²) in [5.41, 5.74) is 1.39. The van der Waals surface area contributed by atoms with E-state index >= 15 is 0 Å². The smallest absolute Gasteiger partial charge is 0.209 e. The Morgan fingerprint density at radius 3 is 3.20 bits per heavy atom. The number of aromatic nitrogens is 1. The van der Waals surface area contributed by atoms with Crippen LogP contribution in [0.4, 0.5) is 0 Å². The lowest BCUT2D eigenvalue weighted by Crippen LogP contribution is -2.37. The molecule has 0 bridgehead atoms. The molecule has 2 atom stereocenters. The van der Waals surface area contributed by atoms with Crippen molar-refractivity contribution in [3.8, 4) is 5.75 Å². The van der Waals surface area contributed by atoms with Crippen molar-refractivity contribution in [1.82, 2.24) is 10.3 Å². The molecule has 5 heteroatoms. The van der Waals surface area contributed by atoms with Crippen LogP contribution in [-0.4, -0.2) is 29.3 Å². The number of hydrogen-bond acceptors (Lipinski definition) is 5. The Hall–Kier alpha value is -1.59. The molecule has 0 aliphatic carbocycles. The molecule has 1 fully saturated rings. The fourth-order valence-corrected chi connectivity index (χ4v) is 2.61. The van der Waals surface area contributed by atoms with Crippen molar-refractivity contribution in [3.63, 3.8) is 0 Å². The first-order chi connectivity index (χ1) is 9.72. The Morgan fingerprint density at radius 2 is 2.40 bits per heavy atom. The van der Waals surface area contributed by atoms with E-state index in [9.17, 15) is 5.11 Å². The van der Waals surface area contributed by atoms with Crippen molar-refractivity contribution in [3.05, 3.63) is 24.1 Å². The summed E-state index contributed by atoms with van der Waals surface area (Å²) in [6.45, 7) is 4.48. The summed E-state index contributed by atoms with van der Waals surface area (Å²) in [6, 6.07) is 5.34. The lowest BCUT2D eigenvalue weighted by atomic mass is 9.95. The van der Waals surface area contributed by atoms with Gasteiger partial charge in [0.1, 0.15) is 11.3 Å². The van der Waals surface area contributed by atoms with Gasteiger partial charge in [-0.05, 0) is 37.8 Å². The van der Waals surface area contributed by atoms with Crippen LogP contribution in [0.25, 0.3) is 11.1 Å². The Labute approximate surface area is 117 Å². The van der Waals surface area contributed by atoms with Crippen molar-refractivity contribution >= 4 is 11.1 Å². The topological polar surface area (TPSA) is 67.5 Å². The Bertz CT molecular complexity index is 576. The maximum Gasteiger partial charge on any atom is 0.209 e. The first-order valence-corrected chi connectivity index (χ1v) is 7.12. The SMILES string of the molecule is C[C@H](NCc1nc2ccc(O)cc2o1)[C@@H]1CCCOC1. The number of nitrogens with zero attached hydrogens (tertiary/aromatic N) is 1. The number of fused-ring (bicyclic) bond motifs is 1. The van der Waals surface area contributed by atoms with E-state index in [1.807, 2.05) is 0 Å². The molecule has 0 saturated carbocycles. The summed E-state index contributed by atoms with van der Waals surface area (Å²) in [5.74, 6) is 1.40. The molecule has 1 aliphatic heterocycles. The highest BCUT2D eigenvalue weighted by atomic mass is 16.5. The van der Waals surface area contributed by atoms with Gasteiger partial charge in [0.2, 0.25) is 5.89 Å². The molecule has 0 unspecified atom stereocenters. The van der Waals surface area contributed by atoms with E-state index in [1.54, 1.807) is 18.2 Å². The third-order valence-electron chi connectivity index (χ3n) is 3.89. The largest absolute Gasteiger partial charge is 0.508 e. The first kappa shape index (κ1) is 13.4. The highest BCUT2D eigenvalue weighted by molar-refractivity contribution is 5.74. The average molecular weight is 276 g/mol. The fourth-order valence-electron chi connectivity index (χ4n) is 2.61. The van der Waals surface area contributed by atoms with E-state index < -0.39 is 0 Å². The molecule has 1 saturated heterocycles. The van der Waals surface area contributed by atoms with Crippen LogP contribution in [0.1, 0.15) is 25.7 Å². The summed E-state index contributed by atoms with van der Waals surface area (Å²) < 4.78 is 11.1. The highest BCUT2D eigenvalue weighted by Gasteiger charge is 2.20. The van der Waals surface area contributed by atoms with Gasteiger partial charge in [-0.1, -0.05) is 0 Å². The lowest BCUT2D eigenvalue weighted by Gasteiger charge is -2.28. The number of phenolic OH excluding ortho intramolecular Hbond substituents is 1. The van der Waals surface area contributed by atoms with Crippen molar-refractivity contribution in [2.24, 2.45) is 5.92 Å². The van der Waals surface area contributed by atoms with E-state index in [2.05, 4.69) is 17.2 Å². The van der Waals surface area contributed by atoms with Crippen LogP contribution in [0.3, 0.4) is 0 Å². The molecule has 1 aromatic carbocycles. The second-order valence-corrected chi connectivity index (χ2v) is 5.41. The zero-order valence-corrected chi connectivity index (χ0v) is 11.6. The minimum atomic E-state index is 0.195. The standard InChI is InChI=1S/C15H20N2O3/c1-10(11-3-2-6-19-9-11)16-8-15-17-13-5-4-12(18)7-14(13)20-15/h4-5,7,10-11,16,18H,2-3,6,8-9H2,1H3/t10-,11+/m0/s1. The maximum atomic E-state index is 9.41. The molecule has 2 heterocycles. The Balaban J connectivity index is 1.61. The second-order valence-electron chi connectivity index (χ2n) is 5.41. The second kappa shape index (κ2) is 5.81. The summed E-state index contributed by atoms with van der Waals surface area (Å²) in [7, 11) is 0. The summed E-state index contributed by atoms with van der Waals surface area (Å²) in [4.78, 5) is 4.40. The van der Waals surface area contributed by atoms with Gasteiger partial charge >= 0.3 is 0 Å². The summed E-state index contributed by atoms with van der Waals surface area (Å²) in [6.07, 6.45) is 2.34. The summed E-state index contributed by atoms with van der Waals surface area (Å²) in [5, 5.41) is 12.9. The van der Waals surface area contributed by atoms with Crippen LogP contribution in [0.5, 0.6) is 5.75 Å². The molecular formula is C15H20N2O3. The molecule has 3 rings (SSSR count). The molecule has 1 aliphatic rings. The number of benzene rings is 1. The van der Waals surface area contributed by atoms with E-state index in [-0.39, 0.29) is 5.75 Å². The monoisotopic (exact) mass is 276 g/mol. The predicted molar refractivity (Wildman–Crippen MR) is 75.5 cm³/mol. The molecule has 1 aromatic heterocycles. The number of aromatic hydroxyl groups is 1. The number of hydrogen-bond donors (Lipinski definition) is 2. The van der Waals surface area contributed by atoms with Gasteiger partial charge in [-0.15, -0.1) is 0 Å². The van der Waals surface area contributed by atoms with E-state index in [0.717, 1.165) is 25.2 Å². The van der Waals surface area contributed by atoms with Crippen LogP contribution in [0, 0.1) is 5.92 Å². The van der Waals surface area contributed by atoms with Gasteiger partial charge < -0.3 is 19.6 Å². The first-order valence-electron chi connectivity index (χ1n) is 7.12. The minimum Gasteiger partial charge on any atom is -0.508 e. The van der Waals surface area contributed by atoms with Crippen LogP contribution in [0.2, 0.25) is 0 Å². The van der Waals surface area contributed by atoms with E-state index in [1.165, 1.54) is 6.42 Å². The molecule has 0 spiro atoms. The highest BCUT2D eigenvalue weighted by Crippen LogP contribution is 2.21. The molecule has 20 heavy (non-hydrogen) atoms. The van der Waals surface area contributed by atoms with Gasteiger partial charge in [-0.25, -0.2) is 4.98 Å². The van der Waals surface area contributed by atoms with Crippen LogP contribution in [-0.2, 0) is 11.3 Å². The van der Waals surface area contributed by atoms with Crippen molar-refractivity contribution in [2.75, 3.05) is 13.2 Å². The van der Waals surface area contributed by atoms with E-state index in [0.29, 0.717) is 30.0 Å². The number of oxazole rings is 1. The zero-order valence-electron chi connectivity index (χ0n) is 11.6. The number of nitrogens with one attached hydrogen (secondary N) is 1. The fraction of sp³-hybridized carbons (Fsp3) is 0.533. The maximum absolute atomic E-state index is 9.41. The van der Waals surface area contributed by atoms with Gasteiger partial charge in [-0.2, -0.15) is 0 Å². The number of ether oxygens (including phenoxy) is 1. The van der Waals surface area contributed by atoms with Crippen molar-refractivity contribution in [2.45, 2.75) is 32.4 Å². The van der Waals surface area contributed by atoms with Crippen LogP contribution in [0.15, 0.2) is 22.6 Å². The van der Waals surface area contributed by atoms with Gasteiger partial charge in [0.25, 0.3) is 0 Å². The third kappa shape index (κ3) is 2.94. The van der Waals surface area contributed by atoms with Gasteiger partial charge in [0, 0.05) is 18.7 Å². The van der Waals surface area contributed by atoms with Crippen LogP contribution >= 0.6 is 0 Å². The molecular weight excluding hydrogens is 256 g/mol. The number of phenols is 1. The third-order valence-corrected chi connectivity index (χ3v) is 3.89. The zero-order chi connectivity index (χ0) is 13.9. The molecule has 5 nitrogen and oxygen atoms in total. The Kier molecular flexibility index (Phi) is 3.89. The molecule has 0 radical (unpaired) electrons. The van der Waals surface area contributed by atoms with Gasteiger partial charge in [0.05, 0.1) is 13.2 Å². The molecule has 0 amide bonds. The van der Waals surface area contributed by atoms with E-state index in [4.69, 9.17) is 9.15 Å². The summed E-state index contributed by atoms with van der Waals surface area (Å²) >= 11 is 0. The lowest BCUT2D eigenvalue weighted by molar-refractivity contribution is 0.0414. The van der Waals surface area contributed by atoms with Crippen molar-refractivity contribution in [1.29, 1.82) is 0 Å². The minimum absolute atomic E-state index is 0.195. The molecule has 2 aromatic rings. The predicted octanol–water partition coefficient (Wildman–Crippen LogP) is 2.44. The quantitative estimate of drug-likeness (QED) is 0.897. The Morgan fingerprint density at radius 1 is 1.50 bits per heavy atom. The van der Waals surface area contributed by atoms with Gasteiger partial charge in [0.15, 0.2) is 5.58 Å². The number of rotatable bonds is 4. The molecule has 2 N–H and O–H groups in total. The molecule has 108 valence electrons.